The Morgan fingerprint density at radius 1 is 1.08 bits per heavy atom. The molecule has 1 amide bonds. The molecule has 24 heavy (non-hydrogen) atoms. The molecule has 134 valence electrons. The zero-order valence-corrected chi connectivity index (χ0v) is 14.1. The fourth-order valence-electron chi connectivity index (χ4n) is 7.20. The highest BCUT2D eigenvalue weighted by molar-refractivity contribution is 5.84. The van der Waals surface area contributed by atoms with E-state index in [0.29, 0.717) is 24.2 Å². The summed E-state index contributed by atoms with van der Waals surface area (Å²) < 4.78 is 0. The van der Waals surface area contributed by atoms with Crippen LogP contribution in [0.2, 0.25) is 0 Å². The second-order valence-corrected chi connectivity index (χ2v) is 9.63. The number of likely N-dealkylation sites (tertiary alicyclic amines) is 1. The molecule has 0 aromatic heterocycles. The van der Waals surface area contributed by atoms with Gasteiger partial charge in [-0.05, 0) is 74.5 Å². The predicted octanol–water partition coefficient (Wildman–Crippen LogP) is -0.0885. The van der Waals surface area contributed by atoms with Crippen LogP contribution in [0, 0.1) is 23.2 Å². The van der Waals surface area contributed by atoms with E-state index in [9.17, 15) is 15.0 Å². The van der Waals surface area contributed by atoms with Crippen LogP contribution in [0.1, 0.15) is 51.4 Å². The number of hydrogen-bond donors (Lipinski definition) is 4. The van der Waals surface area contributed by atoms with Gasteiger partial charge in [-0.3, -0.25) is 4.79 Å². The number of aliphatic hydroxyl groups excluding tert-OH is 1. The first-order valence-corrected chi connectivity index (χ1v) is 9.54. The second kappa shape index (κ2) is 4.72. The van der Waals surface area contributed by atoms with Crippen molar-refractivity contribution < 1.29 is 15.0 Å². The molecular formula is C18H29N3O3. The van der Waals surface area contributed by atoms with Crippen molar-refractivity contribution in [3.8, 4) is 0 Å². The first-order chi connectivity index (χ1) is 11.3. The van der Waals surface area contributed by atoms with Crippen LogP contribution in [0.25, 0.3) is 0 Å². The van der Waals surface area contributed by atoms with Gasteiger partial charge in [0.25, 0.3) is 0 Å². The lowest BCUT2D eigenvalue weighted by Gasteiger charge is -2.61. The van der Waals surface area contributed by atoms with Crippen LogP contribution in [-0.4, -0.2) is 51.0 Å². The fraction of sp³-hybridized carbons (Fsp3) is 0.944. The summed E-state index contributed by atoms with van der Waals surface area (Å²) in [6, 6.07) is -0.636. The summed E-state index contributed by atoms with van der Waals surface area (Å²) in [5.74, 6) is 1.47. The monoisotopic (exact) mass is 335 g/mol. The first kappa shape index (κ1) is 15.6. The van der Waals surface area contributed by atoms with Crippen LogP contribution in [0.5, 0.6) is 0 Å². The maximum absolute atomic E-state index is 13.3. The Balaban J connectivity index is 1.42. The lowest BCUT2D eigenvalue weighted by molar-refractivity contribution is -0.178. The smallest absolute Gasteiger partial charge is 0.240 e. The topological polar surface area (TPSA) is 113 Å². The van der Waals surface area contributed by atoms with Gasteiger partial charge < -0.3 is 26.6 Å². The van der Waals surface area contributed by atoms with Crippen molar-refractivity contribution in [3.05, 3.63) is 0 Å². The number of piperidine rings is 1. The summed E-state index contributed by atoms with van der Waals surface area (Å²) in [6.07, 6.45) is 6.37. The largest absolute Gasteiger partial charge is 0.390 e. The summed E-state index contributed by atoms with van der Waals surface area (Å²) in [7, 11) is 0. The minimum absolute atomic E-state index is 0.0416. The number of carbonyl (C=O) groups excluding carboxylic acids is 1. The highest BCUT2D eigenvalue weighted by Gasteiger charge is 2.63. The minimum atomic E-state index is -0.991. The van der Waals surface area contributed by atoms with E-state index in [1.54, 1.807) is 0 Å². The molecular weight excluding hydrogens is 306 g/mol. The molecule has 6 rings (SSSR count). The third kappa shape index (κ3) is 2.06. The van der Waals surface area contributed by atoms with Crippen molar-refractivity contribution in [1.82, 2.24) is 4.90 Å². The van der Waals surface area contributed by atoms with Gasteiger partial charge in [0, 0.05) is 6.04 Å². The van der Waals surface area contributed by atoms with E-state index < -0.39 is 17.9 Å². The summed E-state index contributed by atoms with van der Waals surface area (Å²) in [4.78, 5) is 15.1. The van der Waals surface area contributed by atoms with Crippen molar-refractivity contribution in [2.24, 2.45) is 34.6 Å². The average molecular weight is 335 g/mol. The zero-order valence-electron chi connectivity index (χ0n) is 14.1. The van der Waals surface area contributed by atoms with Crippen LogP contribution >= 0.6 is 0 Å². The molecule has 6 fully saturated rings. The van der Waals surface area contributed by atoms with Crippen molar-refractivity contribution >= 4 is 5.91 Å². The Labute approximate surface area is 142 Å². The quantitative estimate of drug-likeness (QED) is 0.539. The fourth-order valence-corrected chi connectivity index (χ4v) is 7.20. The van der Waals surface area contributed by atoms with Gasteiger partial charge >= 0.3 is 0 Å². The lowest BCUT2D eigenvalue weighted by atomic mass is 9.46. The number of amides is 1. The van der Waals surface area contributed by atoms with Gasteiger partial charge in [0.15, 0.2) is 0 Å². The molecule has 2 unspecified atom stereocenters. The van der Waals surface area contributed by atoms with E-state index in [-0.39, 0.29) is 23.4 Å². The molecule has 5 aliphatic carbocycles. The Kier molecular flexibility index (Phi) is 3.06. The standard InChI is InChI=1S/C18H29N3O3/c19-14(16(23)21-12-2-11(12)3-13(21)15(20)22)17-4-9-1-10(5-17)7-18(24,6-9)8-17/h9-15,22,24H,1-8,19-20H2/t9-,10+,11-,12-,13-,14+,15+,17?,18?/m0/s1. The molecule has 6 nitrogen and oxygen atoms in total. The van der Waals surface area contributed by atoms with E-state index in [4.69, 9.17) is 11.5 Å². The maximum atomic E-state index is 13.3. The van der Waals surface area contributed by atoms with E-state index in [2.05, 4.69) is 0 Å². The van der Waals surface area contributed by atoms with Gasteiger partial charge in [0.05, 0.1) is 17.7 Å². The molecule has 1 saturated heterocycles. The van der Waals surface area contributed by atoms with Crippen molar-refractivity contribution in [3.63, 3.8) is 0 Å². The van der Waals surface area contributed by atoms with Crippen molar-refractivity contribution in [2.45, 2.75) is 81.3 Å². The number of aliphatic hydroxyl groups is 2. The van der Waals surface area contributed by atoms with Crippen LogP contribution in [-0.2, 0) is 4.79 Å². The number of rotatable bonds is 3. The summed E-state index contributed by atoms with van der Waals surface area (Å²) in [5.41, 5.74) is 11.4. The maximum Gasteiger partial charge on any atom is 0.240 e. The molecule has 5 saturated carbocycles. The molecule has 6 aliphatic rings. The van der Waals surface area contributed by atoms with Gasteiger partial charge in [-0.2, -0.15) is 0 Å². The average Bonchev–Trinajstić information content (AvgIpc) is 3.13. The van der Waals surface area contributed by atoms with E-state index in [1.807, 2.05) is 4.90 Å². The molecule has 9 atom stereocenters. The number of carbonyl (C=O) groups is 1. The molecule has 6 N–H and O–H groups in total. The number of nitrogens with zero attached hydrogens (tertiary/aromatic N) is 1. The second-order valence-electron chi connectivity index (χ2n) is 9.63. The van der Waals surface area contributed by atoms with Gasteiger partial charge in [0.2, 0.25) is 5.91 Å². The molecule has 1 heterocycles. The lowest BCUT2D eigenvalue weighted by Crippen LogP contribution is -2.65. The molecule has 0 aromatic rings. The molecule has 0 radical (unpaired) electrons. The predicted molar refractivity (Wildman–Crippen MR) is 87.4 cm³/mol. The van der Waals surface area contributed by atoms with Gasteiger partial charge in [-0.15, -0.1) is 0 Å². The Morgan fingerprint density at radius 2 is 1.75 bits per heavy atom. The van der Waals surface area contributed by atoms with Crippen LogP contribution in [0.4, 0.5) is 0 Å². The zero-order chi connectivity index (χ0) is 16.9. The Bertz CT molecular complexity index is 566. The van der Waals surface area contributed by atoms with Gasteiger partial charge in [-0.1, -0.05) is 0 Å². The number of nitrogens with two attached hydrogens (primary N) is 2. The van der Waals surface area contributed by atoms with E-state index in [1.165, 1.54) is 6.42 Å². The molecule has 6 heteroatoms. The third-order valence-corrected chi connectivity index (χ3v) is 7.79. The van der Waals surface area contributed by atoms with Crippen LogP contribution < -0.4 is 11.5 Å². The summed E-state index contributed by atoms with van der Waals surface area (Å²) >= 11 is 0. The van der Waals surface area contributed by atoms with Crippen LogP contribution in [0.3, 0.4) is 0 Å². The molecule has 4 bridgehead atoms. The highest BCUT2D eigenvalue weighted by atomic mass is 16.3. The SMILES string of the molecule is N[C@H](O)[C@@H]1C[C@@H]2C[C@@H]2N1C(=O)[C@@H](N)C12C[C@@H]3C[C@@H](CC(O)(C3)C1)C2. The Morgan fingerprint density at radius 3 is 2.33 bits per heavy atom. The van der Waals surface area contributed by atoms with Crippen molar-refractivity contribution in [2.75, 3.05) is 0 Å². The first-order valence-electron chi connectivity index (χ1n) is 9.54. The highest BCUT2D eigenvalue weighted by Crippen LogP contribution is 2.63. The molecule has 1 aliphatic heterocycles. The van der Waals surface area contributed by atoms with E-state index in [0.717, 1.165) is 38.5 Å². The third-order valence-electron chi connectivity index (χ3n) is 7.79. The summed E-state index contributed by atoms with van der Waals surface area (Å²) in [6.45, 7) is 0. The summed E-state index contributed by atoms with van der Waals surface area (Å²) in [5, 5.41) is 20.8. The van der Waals surface area contributed by atoms with Gasteiger partial charge in [-0.25, -0.2) is 0 Å². The Hall–Kier alpha value is -0.690. The van der Waals surface area contributed by atoms with Gasteiger partial charge in [0.1, 0.15) is 6.23 Å². The molecule has 0 aromatic carbocycles. The van der Waals surface area contributed by atoms with E-state index >= 15 is 0 Å². The minimum Gasteiger partial charge on any atom is -0.390 e. The molecule has 0 spiro atoms. The number of hydrogen-bond acceptors (Lipinski definition) is 5. The normalized spacial score (nSPS) is 53.8. The van der Waals surface area contributed by atoms with Crippen LogP contribution in [0.15, 0.2) is 0 Å². The van der Waals surface area contributed by atoms with Crippen molar-refractivity contribution in [1.29, 1.82) is 0 Å². The number of fused-ring (bicyclic) bond motifs is 1.